The number of anilines is 2. The predicted molar refractivity (Wildman–Crippen MR) is 106 cm³/mol. The van der Waals surface area contributed by atoms with Gasteiger partial charge >= 0.3 is 6.03 Å². The Morgan fingerprint density at radius 3 is 2.27 bits per heavy atom. The van der Waals surface area contributed by atoms with Gasteiger partial charge in [-0.3, -0.25) is 4.79 Å². The Balaban J connectivity index is 0.00000243. The molecule has 2 aromatic carbocycles. The number of nitrogens with one attached hydrogen (secondary N) is 3. The van der Waals surface area contributed by atoms with Crippen LogP contribution in [0.25, 0.3) is 0 Å². The summed E-state index contributed by atoms with van der Waals surface area (Å²) in [4.78, 5) is 24.0. The first kappa shape index (κ1) is 19.8. The summed E-state index contributed by atoms with van der Waals surface area (Å²) in [5.41, 5.74) is 8.54. The minimum atomic E-state index is -0.677. The molecule has 0 radical (unpaired) electrons. The lowest BCUT2D eigenvalue weighted by molar-refractivity contribution is -0.123. The van der Waals surface area contributed by atoms with E-state index in [9.17, 15) is 9.59 Å². The van der Waals surface area contributed by atoms with Crippen LogP contribution in [0.5, 0.6) is 0 Å². The van der Waals surface area contributed by atoms with Crippen molar-refractivity contribution in [2.75, 3.05) is 10.6 Å². The topological polar surface area (TPSA) is 96.2 Å². The molecule has 0 aliphatic heterocycles. The summed E-state index contributed by atoms with van der Waals surface area (Å²) in [6, 6.07) is 14.6. The van der Waals surface area contributed by atoms with Gasteiger partial charge in [0.05, 0.1) is 5.54 Å². The maximum atomic E-state index is 12.1. The molecule has 7 heteroatoms. The third-order valence-corrected chi connectivity index (χ3v) is 4.15. The molecular weight excluding hydrogens is 352 g/mol. The first-order valence-electron chi connectivity index (χ1n) is 8.25. The number of rotatable bonds is 5. The molecular formula is C19H23ClN4O2. The second kappa shape index (κ2) is 8.21. The normalized spacial score (nSPS) is 13.9. The number of carbonyl (C=O) groups is 2. The maximum absolute atomic E-state index is 12.1. The Morgan fingerprint density at radius 2 is 1.65 bits per heavy atom. The maximum Gasteiger partial charge on any atom is 0.323 e. The van der Waals surface area contributed by atoms with Gasteiger partial charge in [-0.05, 0) is 55.2 Å². The highest BCUT2D eigenvalue weighted by molar-refractivity contribution is 5.99. The summed E-state index contributed by atoms with van der Waals surface area (Å²) < 4.78 is 0. The van der Waals surface area contributed by atoms with Crippen molar-refractivity contribution in [3.63, 3.8) is 0 Å². The predicted octanol–water partition coefficient (Wildman–Crippen LogP) is 3.17. The fourth-order valence-corrected chi connectivity index (χ4v) is 2.50. The number of amides is 3. The Bertz CT molecular complexity index is 806. The van der Waals surface area contributed by atoms with Crippen LogP contribution in [0.4, 0.5) is 16.2 Å². The average Bonchev–Trinajstić information content (AvgIpc) is 3.32. The van der Waals surface area contributed by atoms with Crippen molar-refractivity contribution >= 4 is 35.7 Å². The molecule has 3 amide bonds. The Kier molecular flexibility index (Phi) is 6.23. The number of carbonyl (C=O) groups excluding carboxylic acids is 2. The summed E-state index contributed by atoms with van der Waals surface area (Å²) in [6.45, 7) is 2.35. The van der Waals surface area contributed by atoms with Gasteiger partial charge in [0.2, 0.25) is 5.91 Å². The molecule has 26 heavy (non-hydrogen) atoms. The van der Waals surface area contributed by atoms with E-state index in [1.807, 2.05) is 49.4 Å². The SMILES string of the molecule is Cc1cccc(NC(=O)Nc2cccc(CNC(=O)C3(N)CC3)c2)c1.Cl. The molecule has 0 saturated heterocycles. The van der Waals surface area contributed by atoms with Crippen LogP contribution in [0.2, 0.25) is 0 Å². The molecule has 1 saturated carbocycles. The van der Waals surface area contributed by atoms with Gasteiger partial charge in [-0.1, -0.05) is 24.3 Å². The van der Waals surface area contributed by atoms with Gasteiger partial charge in [0.15, 0.2) is 0 Å². The molecule has 0 atom stereocenters. The number of hydrogen-bond acceptors (Lipinski definition) is 3. The highest BCUT2D eigenvalue weighted by atomic mass is 35.5. The molecule has 5 N–H and O–H groups in total. The lowest BCUT2D eigenvalue weighted by atomic mass is 10.2. The minimum Gasteiger partial charge on any atom is -0.350 e. The average molecular weight is 375 g/mol. The van der Waals surface area contributed by atoms with Crippen molar-refractivity contribution in [3.8, 4) is 0 Å². The fraction of sp³-hybridized carbons (Fsp3) is 0.263. The van der Waals surface area contributed by atoms with Crippen molar-refractivity contribution in [2.45, 2.75) is 31.8 Å². The Labute approximate surface area is 159 Å². The van der Waals surface area contributed by atoms with Crippen LogP contribution >= 0.6 is 12.4 Å². The first-order valence-corrected chi connectivity index (χ1v) is 8.25. The second-order valence-corrected chi connectivity index (χ2v) is 6.49. The summed E-state index contributed by atoms with van der Waals surface area (Å²) in [5.74, 6) is -0.122. The number of hydrogen-bond donors (Lipinski definition) is 4. The highest BCUT2D eigenvalue weighted by Gasteiger charge is 2.45. The molecule has 0 bridgehead atoms. The van der Waals surface area contributed by atoms with Gasteiger partial charge < -0.3 is 21.7 Å². The van der Waals surface area contributed by atoms with Gasteiger partial charge in [0, 0.05) is 17.9 Å². The van der Waals surface area contributed by atoms with Crippen LogP contribution in [0.15, 0.2) is 48.5 Å². The quantitative estimate of drug-likeness (QED) is 0.647. The zero-order valence-corrected chi connectivity index (χ0v) is 15.4. The van der Waals surface area contributed by atoms with E-state index in [1.54, 1.807) is 6.07 Å². The minimum absolute atomic E-state index is 0. The zero-order chi connectivity index (χ0) is 17.9. The lowest BCUT2D eigenvalue weighted by Crippen LogP contribution is -2.42. The number of nitrogens with two attached hydrogens (primary N) is 1. The van der Waals surface area contributed by atoms with Crippen molar-refractivity contribution in [1.29, 1.82) is 0 Å². The summed E-state index contributed by atoms with van der Waals surface area (Å²) in [7, 11) is 0. The third kappa shape index (κ3) is 5.21. The molecule has 2 aromatic rings. The zero-order valence-electron chi connectivity index (χ0n) is 14.5. The van der Waals surface area contributed by atoms with E-state index < -0.39 is 5.54 Å². The molecule has 138 valence electrons. The summed E-state index contributed by atoms with van der Waals surface area (Å²) in [6.07, 6.45) is 1.47. The van der Waals surface area contributed by atoms with Gasteiger partial charge in [-0.25, -0.2) is 4.79 Å². The Morgan fingerprint density at radius 1 is 1.04 bits per heavy atom. The van der Waals surface area contributed by atoms with Crippen LogP contribution in [-0.2, 0) is 11.3 Å². The van der Waals surface area contributed by atoms with Gasteiger partial charge in [0.1, 0.15) is 0 Å². The van der Waals surface area contributed by atoms with Crippen LogP contribution < -0.4 is 21.7 Å². The lowest BCUT2D eigenvalue weighted by Gasteiger charge is -2.12. The monoisotopic (exact) mass is 374 g/mol. The molecule has 6 nitrogen and oxygen atoms in total. The third-order valence-electron chi connectivity index (χ3n) is 4.15. The first-order chi connectivity index (χ1) is 11.9. The van der Waals surface area contributed by atoms with Crippen molar-refractivity contribution in [2.24, 2.45) is 5.73 Å². The number of aryl methyl sites for hydroxylation is 1. The van der Waals surface area contributed by atoms with Crippen LogP contribution in [0, 0.1) is 6.92 Å². The fourth-order valence-electron chi connectivity index (χ4n) is 2.50. The molecule has 1 aliphatic rings. The van der Waals surface area contributed by atoms with Crippen molar-refractivity contribution in [1.82, 2.24) is 5.32 Å². The van der Waals surface area contributed by atoms with Gasteiger partial charge in [-0.2, -0.15) is 0 Å². The summed E-state index contributed by atoms with van der Waals surface area (Å²) in [5, 5.41) is 8.42. The largest absolute Gasteiger partial charge is 0.350 e. The van der Waals surface area contributed by atoms with Crippen molar-refractivity contribution < 1.29 is 9.59 Å². The van der Waals surface area contributed by atoms with E-state index in [-0.39, 0.29) is 24.3 Å². The molecule has 0 unspecified atom stereocenters. The van der Waals surface area contributed by atoms with E-state index in [0.29, 0.717) is 12.2 Å². The molecule has 0 aromatic heterocycles. The van der Waals surface area contributed by atoms with E-state index in [2.05, 4.69) is 16.0 Å². The van der Waals surface area contributed by atoms with E-state index in [1.165, 1.54) is 0 Å². The van der Waals surface area contributed by atoms with Crippen LogP contribution in [-0.4, -0.2) is 17.5 Å². The molecule has 1 fully saturated rings. The standard InChI is InChI=1S/C19H22N4O2.ClH/c1-13-4-2-6-15(10-13)22-18(25)23-16-7-3-5-14(11-16)12-21-17(24)19(20)8-9-19;/h2-7,10-11H,8-9,12,20H2,1H3,(H,21,24)(H2,22,23,25);1H. The smallest absolute Gasteiger partial charge is 0.323 e. The van der Waals surface area contributed by atoms with Crippen molar-refractivity contribution in [3.05, 3.63) is 59.7 Å². The highest BCUT2D eigenvalue weighted by Crippen LogP contribution is 2.32. The van der Waals surface area contributed by atoms with Gasteiger partial charge in [-0.15, -0.1) is 12.4 Å². The number of urea groups is 1. The molecule has 1 aliphatic carbocycles. The molecule has 3 rings (SSSR count). The van der Waals surface area contributed by atoms with E-state index in [0.717, 1.165) is 29.7 Å². The second-order valence-electron chi connectivity index (χ2n) is 6.49. The number of halogens is 1. The summed E-state index contributed by atoms with van der Waals surface area (Å²) >= 11 is 0. The van der Waals surface area contributed by atoms with Crippen LogP contribution in [0.1, 0.15) is 24.0 Å². The van der Waals surface area contributed by atoms with Crippen LogP contribution in [0.3, 0.4) is 0 Å². The van der Waals surface area contributed by atoms with Gasteiger partial charge in [0.25, 0.3) is 0 Å². The number of benzene rings is 2. The molecule has 0 spiro atoms. The van der Waals surface area contributed by atoms with E-state index >= 15 is 0 Å². The van der Waals surface area contributed by atoms with E-state index in [4.69, 9.17) is 5.73 Å². The Hall–Kier alpha value is -2.57. The molecule has 0 heterocycles.